The highest BCUT2D eigenvalue weighted by molar-refractivity contribution is 9.15. The molecule has 0 amide bonds. The Balaban J connectivity index is 2.20. The van der Waals surface area contributed by atoms with Gasteiger partial charge < -0.3 is 0 Å². The summed E-state index contributed by atoms with van der Waals surface area (Å²) >= 11 is 3.64. The van der Waals surface area contributed by atoms with Crippen LogP contribution in [0.25, 0.3) is 4.48 Å². The summed E-state index contributed by atoms with van der Waals surface area (Å²) in [6, 6.07) is 20.9. The molecule has 1 atom stereocenters. The first-order valence-corrected chi connectivity index (χ1v) is 6.54. The Morgan fingerprint density at radius 2 is 1.47 bits per heavy atom. The average molecular weight is 287 g/mol. The second-order valence-corrected chi connectivity index (χ2v) is 4.93. The summed E-state index contributed by atoms with van der Waals surface area (Å²) < 4.78 is 1.15. The standard InChI is InChI=1S/C16H15Br/c1-13(14-8-4-2-5-9-14)12-16(17)15-10-6-3-7-11-15/h2-13H,1H3/b16-12-. The molecule has 0 aromatic heterocycles. The maximum absolute atomic E-state index is 3.64. The first-order valence-electron chi connectivity index (χ1n) is 5.75. The highest BCUT2D eigenvalue weighted by atomic mass is 79.9. The molecule has 0 aliphatic rings. The van der Waals surface area contributed by atoms with Crippen molar-refractivity contribution in [2.45, 2.75) is 12.8 Å². The summed E-state index contributed by atoms with van der Waals surface area (Å²) in [7, 11) is 0. The van der Waals surface area contributed by atoms with Gasteiger partial charge in [0.1, 0.15) is 0 Å². The molecule has 0 heterocycles. The van der Waals surface area contributed by atoms with Gasteiger partial charge in [-0.1, -0.05) is 89.6 Å². The zero-order valence-electron chi connectivity index (χ0n) is 9.81. The van der Waals surface area contributed by atoms with E-state index >= 15 is 0 Å². The molecule has 0 nitrogen and oxygen atoms in total. The first-order chi connectivity index (χ1) is 8.27. The zero-order valence-corrected chi connectivity index (χ0v) is 11.4. The molecule has 1 heteroatoms. The fourth-order valence-corrected chi connectivity index (χ4v) is 2.43. The maximum atomic E-state index is 3.64. The Hall–Kier alpha value is -1.34. The minimum Gasteiger partial charge on any atom is -0.0624 e. The monoisotopic (exact) mass is 286 g/mol. The molecule has 17 heavy (non-hydrogen) atoms. The Morgan fingerprint density at radius 3 is 2.06 bits per heavy atom. The molecule has 0 N–H and O–H groups in total. The van der Waals surface area contributed by atoms with Gasteiger partial charge in [-0.25, -0.2) is 0 Å². The van der Waals surface area contributed by atoms with E-state index in [9.17, 15) is 0 Å². The molecular formula is C16H15Br. The first kappa shape index (κ1) is 12.1. The largest absolute Gasteiger partial charge is 0.0624 e. The highest BCUT2D eigenvalue weighted by Gasteiger charge is 2.03. The van der Waals surface area contributed by atoms with Gasteiger partial charge in [-0.05, 0) is 11.1 Å². The van der Waals surface area contributed by atoms with Crippen LogP contribution in [0.2, 0.25) is 0 Å². The summed E-state index contributed by atoms with van der Waals surface area (Å²) in [6.07, 6.45) is 2.24. The molecule has 0 aliphatic carbocycles. The van der Waals surface area contributed by atoms with Crippen molar-refractivity contribution in [3.8, 4) is 0 Å². The number of hydrogen-bond acceptors (Lipinski definition) is 0. The molecule has 2 aromatic rings. The predicted molar refractivity (Wildman–Crippen MR) is 78.2 cm³/mol. The van der Waals surface area contributed by atoms with Crippen LogP contribution in [0.4, 0.5) is 0 Å². The van der Waals surface area contributed by atoms with Gasteiger partial charge in [0.15, 0.2) is 0 Å². The van der Waals surface area contributed by atoms with Crippen LogP contribution in [0.1, 0.15) is 24.0 Å². The van der Waals surface area contributed by atoms with Crippen LogP contribution in [0.5, 0.6) is 0 Å². The predicted octanol–water partition coefficient (Wildman–Crippen LogP) is 5.23. The average Bonchev–Trinajstić information content (AvgIpc) is 2.40. The van der Waals surface area contributed by atoms with Gasteiger partial charge in [-0.15, -0.1) is 0 Å². The second kappa shape index (κ2) is 5.83. The molecule has 0 radical (unpaired) electrons. The minimum absolute atomic E-state index is 0.408. The summed E-state index contributed by atoms with van der Waals surface area (Å²) in [5, 5.41) is 0. The van der Waals surface area contributed by atoms with Crippen molar-refractivity contribution < 1.29 is 0 Å². The minimum atomic E-state index is 0.408. The lowest BCUT2D eigenvalue weighted by Gasteiger charge is -2.08. The summed E-state index contributed by atoms with van der Waals surface area (Å²) in [5.41, 5.74) is 2.55. The van der Waals surface area contributed by atoms with E-state index < -0.39 is 0 Å². The fourth-order valence-electron chi connectivity index (χ4n) is 1.77. The normalized spacial score (nSPS) is 13.4. The van der Waals surface area contributed by atoms with Crippen molar-refractivity contribution in [1.29, 1.82) is 0 Å². The molecule has 0 saturated carbocycles. The van der Waals surface area contributed by atoms with E-state index in [1.165, 1.54) is 11.1 Å². The number of allylic oxidation sites excluding steroid dienone is 1. The molecule has 1 unspecified atom stereocenters. The van der Waals surface area contributed by atoms with E-state index in [1.54, 1.807) is 0 Å². The van der Waals surface area contributed by atoms with Crippen LogP contribution in [0.3, 0.4) is 0 Å². The number of rotatable bonds is 3. The third kappa shape index (κ3) is 3.31. The van der Waals surface area contributed by atoms with Crippen molar-refractivity contribution in [3.63, 3.8) is 0 Å². The van der Waals surface area contributed by atoms with Crippen LogP contribution in [-0.2, 0) is 0 Å². The highest BCUT2D eigenvalue weighted by Crippen LogP contribution is 2.26. The van der Waals surface area contributed by atoms with Gasteiger partial charge in [-0.3, -0.25) is 0 Å². The smallest absolute Gasteiger partial charge is 0.0213 e. The third-order valence-corrected chi connectivity index (χ3v) is 3.49. The Labute approximate surface area is 111 Å². The molecule has 0 fully saturated rings. The molecule has 0 saturated heterocycles. The van der Waals surface area contributed by atoms with Crippen molar-refractivity contribution >= 4 is 20.4 Å². The molecule has 2 aromatic carbocycles. The Morgan fingerprint density at radius 1 is 0.941 bits per heavy atom. The van der Waals surface area contributed by atoms with Crippen molar-refractivity contribution in [3.05, 3.63) is 77.9 Å². The molecule has 0 spiro atoms. The molecule has 0 bridgehead atoms. The van der Waals surface area contributed by atoms with E-state index in [1.807, 2.05) is 12.1 Å². The Kier molecular flexibility index (Phi) is 4.16. The van der Waals surface area contributed by atoms with Gasteiger partial charge in [0.2, 0.25) is 0 Å². The molecular weight excluding hydrogens is 272 g/mol. The van der Waals surface area contributed by atoms with Crippen molar-refractivity contribution in [1.82, 2.24) is 0 Å². The van der Waals surface area contributed by atoms with Crippen LogP contribution in [0.15, 0.2) is 66.7 Å². The molecule has 2 rings (SSSR count). The quantitative estimate of drug-likeness (QED) is 0.725. The Bertz CT molecular complexity index is 485. The zero-order chi connectivity index (χ0) is 12.1. The van der Waals surface area contributed by atoms with Crippen LogP contribution < -0.4 is 0 Å². The van der Waals surface area contributed by atoms with E-state index in [0.717, 1.165) is 4.48 Å². The second-order valence-electron chi connectivity index (χ2n) is 4.08. The van der Waals surface area contributed by atoms with E-state index in [2.05, 4.69) is 77.5 Å². The van der Waals surface area contributed by atoms with Crippen molar-refractivity contribution in [2.24, 2.45) is 0 Å². The lowest BCUT2D eigenvalue weighted by Crippen LogP contribution is -1.89. The lowest BCUT2D eigenvalue weighted by atomic mass is 10.00. The van der Waals surface area contributed by atoms with E-state index in [0.29, 0.717) is 5.92 Å². The van der Waals surface area contributed by atoms with Crippen molar-refractivity contribution in [2.75, 3.05) is 0 Å². The molecule has 86 valence electrons. The summed E-state index contributed by atoms with van der Waals surface area (Å²) in [5.74, 6) is 0.408. The third-order valence-electron chi connectivity index (χ3n) is 2.77. The van der Waals surface area contributed by atoms with Gasteiger partial charge in [0.25, 0.3) is 0 Å². The van der Waals surface area contributed by atoms with Gasteiger partial charge in [0.05, 0.1) is 0 Å². The number of hydrogen-bond donors (Lipinski definition) is 0. The summed E-state index contributed by atoms with van der Waals surface area (Å²) in [6.45, 7) is 2.21. The topological polar surface area (TPSA) is 0 Å². The maximum Gasteiger partial charge on any atom is 0.0213 e. The number of benzene rings is 2. The number of halogens is 1. The van der Waals surface area contributed by atoms with Crippen LogP contribution >= 0.6 is 15.9 Å². The van der Waals surface area contributed by atoms with E-state index in [-0.39, 0.29) is 0 Å². The van der Waals surface area contributed by atoms with Gasteiger partial charge >= 0.3 is 0 Å². The van der Waals surface area contributed by atoms with Gasteiger partial charge in [0, 0.05) is 10.4 Å². The van der Waals surface area contributed by atoms with E-state index in [4.69, 9.17) is 0 Å². The van der Waals surface area contributed by atoms with Gasteiger partial charge in [-0.2, -0.15) is 0 Å². The summed E-state index contributed by atoms with van der Waals surface area (Å²) in [4.78, 5) is 0. The van der Waals surface area contributed by atoms with Crippen LogP contribution in [-0.4, -0.2) is 0 Å². The van der Waals surface area contributed by atoms with Crippen LogP contribution in [0, 0.1) is 0 Å². The SMILES string of the molecule is CC(/C=C(\Br)c1ccccc1)c1ccccc1. The fraction of sp³-hybridized carbons (Fsp3) is 0.125. The molecule has 0 aliphatic heterocycles. The lowest BCUT2D eigenvalue weighted by molar-refractivity contribution is 0.972.